The Morgan fingerprint density at radius 2 is 1.06 bits per heavy atom. The smallest absolute Gasteiger partial charge is 0.140 e. The molecule has 0 unspecified atom stereocenters. The average Bonchev–Trinajstić information content (AvgIpc) is 3.89. The van der Waals surface area contributed by atoms with Gasteiger partial charge in [0.25, 0.3) is 0 Å². The first-order valence-corrected chi connectivity index (χ1v) is 24.8. The summed E-state index contributed by atoms with van der Waals surface area (Å²) in [7, 11) is 3.04. The minimum atomic E-state index is -1.13. The van der Waals surface area contributed by atoms with E-state index in [9.17, 15) is 0 Å². The standard InChI is InChI=1S/C28H33N3OSi.C22H19N3.C2H8N2.CH4/c1-30(24-13-9-6-10-14-24)25-16-17-26-27(18-15-23-11-7-5-8-12-23)29-31(28(26)21-25)22-32-19-20-33(2,3)4;1-25(18-10-6-3-7-11-18)19-13-14-20-21(23-24-22(20)16-19)15-12-17-8-4-2-5-9-17;3-1-2-4;/h5-18,21H,19-20,22H2,1-4H3;2-16H,1H3,(H,23,24);1-4H2;1H4/b18-15+;15-12+;;. The van der Waals surface area contributed by atoms with E-state index in [1.54, 1.807) is 0 Å². The fourth-order valence-electron chi connectivity index (χ4n) is 6.59. The molecular weight excluding hydrogens is 793 g/mol. The maximum atomic E-state index is 6.06. The molecule has 0 amide bonds. The number of ether oxygens (including phenoxy) is 1. The van der Waals surface area contributed by atoms with Crippen LogP contribution in [-0.2, 0) is 11.5 Å². The van der Waals surface area contributed by atoms with Gasteiger partial charge in [-0.25, -0.2) is 4.68 Å². The lowest BCUT2D eigenvalue weighted by Gasteiger charge is -2.20. The highest BCUT2D eigenvalue weighted by molar-refractivity contribution is 6.76. The molecule has 0 atom stereocenters. The first-order valence-electron chi connectivity index (χ1n) is 21.1. The maximum Gasteiger partial charge on any atom is 0.140 e. The van der Waals surface area contributed by atoms with Gasteiger partial charge in [-0.1, -0.05) is 136 Å². The molecule has 0 bridgehead atoms. The largest absolute Gasteiger partial charge is 0.360 e. The molecule has 63 heavy (non-hydrogen) atoms. The van der Waals surface area contributed by atoms with E-state index in [0.29, 0.717) is 19.8 Å². The third kappa shape index (κ3) is 13.7. The first kappa shape index (κ1) is 47.5. The van der Waals surface area contributed by atoms with Crippen LogP contribution in [0.3, 0.4) is 0 Å². The number of H-pyrrole nitrogens is 1. The quantitative estimate of drug-likeness (QED) is 0.0737. The van der Waals surface area contributed by atoms with E-state index in [4.69, 9.17) is 21.3 Å². The summed E-state index contributed by atoms with van der Waals surface area (Å²) in [5.41, 5.74) is 20.7. The van der Waals surface area contributed by atoms with Crippen molar-refractivity contribution in [3.8, 4) is 0 Å². The highest BCUT2D eigenvalue weighted by Crippen LogP contribution is 2.30. The van der Waals surface area contributed by atoms with E-state index in [2.05, 4.69) is 187 Å². The fraction of sp³-hybridized carbons (Fsp3) is 0.208. The molecular formula is C53H64N8OSi. The van der Waals surface area contributed by atoms with Crippen LogP contribution in [0.5, 0.6) is 0 Å². The summed E-state index contributed by atoms with van der Waals surface area (Å²) in [5.74, 6) is 0. The van der Waals surface area contributed by atoms with Gasteiger partial charge in [-0.2, -0.15) is 10.2 Å². The highest BCUT2D eigenvalue weighted by Gasteiger charge is 2.15. The normalized spacial score (nSPS) is 11.2. The number of nitrogens with two attached hydrogens (primary N) is 2. The van der Waals surface area contributed by atoms with Gasteiger partial charge in [-0.05, 0) is 90.0 Å². The summed E-state index contributed by atoms with van der Waals surface area (Å²) < 4.78 is 8.06. The monoisotopic (exact) mass is 856 g/mol. The molecule has 9 nitrogen and oxygen atoms in total. The second-order valence-corrected chi connectivity index (χ2v) is 21.7. The van der Waals surface area contributed by atoms with Crippen molar-refractivity contribution in [2.45, 2.75) is 39.8 Å². The molecule has 10 heteroatoms. The molecule has 0 aliphatic rings. The van der Waals surface area contributed by atoms with Crippen molar-refractivity contribution < 1.29 is 4.74 Å². The van der Waals surface area contributed by atoms with Gasteiger partial charge in [0.1, 0.15) is 6.73 Å². The van der Waals surface area contributed by atoms with Crippen LogP contribution in [0.4, 0.5) is 22.7 Å². The predicted octanol–water partition coefficient (Wildman–Crippen LogP) is 12.3. The molecule has 0 spiro atoms. The first-order chi connectivity index (χ1) is 30.1. The summed E-state index contributed by atoms with van der Waals surface area (Å²) in [6, 6.07) is 55.4. The number of fused-ring (bicyclic) bond motifs is 2. The Morgan fingerprint density at radius 1 is 0.587 bits per heavy atom. The molecule has 2 aromatic heterocycles. The second-order valence-electron chi connectivity index (χ2n) is 16.1. The number of benzene rings is 6. The summed E-state index contributed by atoms with van der Waals surface area (Å²) >= 11 is 0. The van der Waals surface area contributed by atoms with Crippen LogP contribution in [0.25, 0.3) is 46.1 Å². The van der Waals surface area contributed by atoms with Gasteiger partial charge in [0.2, 0.25) is 0 Å². The van der Waals surface area contributed by atoms with Gasteiger partial charge in [0.05, 0.1) is 22.4 Å². The van der Waals surface area contributed by atoms with Crippen molar-refractivity contribution in [1.82, 2.24) is 20.0 Å². The lowest BCUT2D eigenvalue weighted by Crippen LogP contribution is -2.22. The van der Waals surface area contributed by atoms with Crippen LogP contribution in [0, 0.1) is 0 Å². The number of anilines is 4. The van der Waals surface area contributed by atoms with Gasteiger partial charge < -0.3 is 26.0 Å². The molecule has 0 aliphatic heterocycles. The molecule has 6 aromatic carbocycles. The van der Waals surface area contributed by atoms with E-state index in [-0.39, 0.29) is 7.43 Å². The van der Waals surface area contributed by atoms with Crippen molar-refractivity contribution in [3.05, 3.63) is 180 Å². The fourth-order valence-corrected chi connectivity index (χ4v) is 7.35. The van der Waals surface area contributed by atoms with Crippen LogP contribution in [0.2, 0.25) is 25.7 Å². The zero-order valence-electron chi connectivity index (χ0n) is 36.7. The molecule has 2 heterocycles. The summed E-state index contributed by atoms with van der Waals surface area (Å²) in [6.45, 7) is 9.54. The van der Waals surface area contributed by atoms with Gasteiger partial charge in [0, 0.05) is 75.4 Å². The lowest BCUT2D eigenvalue weighted by atomic mass is 10.1. The Balaban J connectivity index is 0.000000222. The van der Waals surface area contributed by atoms with Gasteiger partial charge in [-0.3, -0.25) is 5.10 Å². The van der Waals surface area contributed by atoms with Gasteiger partial charge >= 0.3 is 0 Å². The Morgan fingerprint density at radius 3 is 1.57 bits per heavy atom. The molecule has 0 radical (unpaired) electrons. The minimum Gasteiger partial charge on any atom is -0.360 e. The zero-order chi connectivity index (χ0) is 43.7. The number of rotatable bonds is 14. The zero-order valence-corrected chi connectivity index (χ0v) is 37.7. The number of aromatic amines is 1. The Bertz CT molecular complexity index is 2620. The van der Waals surface area contributed by atoms with E-state index in [1.807, 2.05) is 53.2 Å². The number of hydrogen-bond donors (Lipinski definition) is 3. The Hall–Kier alpha value is -6.56. The van der Waals surface area contributed by atoms with E-state index < -0.39 is 8.07 Å². The summed E-state index contributed by atoms with van der Waals surface area (Å²) in [5, 5.41) is 14.8. The van der Waals surface area contributed by atoms with Crippen LogP contribution in [0.1, 0.15) is 29.9 Å². The minimum absolute atomic E-state index is 0. The predicted molar refractivity (Wildman–Crippen MR) is 275 cm³/mol. The van der Waals surface area contributed by atoms with Crippen molar-refractivity contribution in [2.75, 3.05) is 43.6 Å². The Labute approximate surface area is 375 Å². The maximum absolute atomic E-state index is 6.06. The lowest BCUT2D eigenvalue weighted by molar-refractivity contribution is 0.0816. The number of aromatic nitrogens is 4. The third-order valence-corrected chi connectivity index (χ3v) is 11.9. The molecule has 0 aliphatic carbocycles. The van der Waals surface area contributed by atoms with Crippen molar-refractivity contribution in [1.29, 1.82) is 0 Å². The molecule has 8 aromatic rings. The van der Waals surface area contributed by atoms with Crippen LogP contribution >= 0.6 is 0 Å². The molecule has 5 N–H and O–H groups in total. The molecule has 0 saturated carbocycles. The third-order valence-electron chi connectivity index (χ3n) is 10.2. The molecule has 326 valence electrons. The highest BCUT2D eigenvalue weighted by atomic mass is 28.3. The van der Waals surface area contributed by atoms with Crippen molar-refractivity contribution in [3.63, 3.8) is 0 Å². The number of nitrogens with zero attached hydrogens (tertiary/aromatic N) is 5. The summed E-state index contributed by atoms with van der Waals surface area (Å²) in [6.07, 6.45) is 8.34. The van der Waals surface area contributed by atoms with E-state index >= 15 is 0 Å². The average molecular weight is 857 g/mol. The van der Waals surface area contributed by atoms with Gasteiger partial charge in [-0.15, -0.1) is 0 Å². The SMILES string of the molecule is C.CN(c1ccccc1)c1ccc2c(/C=C/c3ccccc3)n[nH]c2c1.CN(c1ccccc1)c1ccc2c(/C=C/c3ccccc3)nn(COCC[Si](C)(C)C)c2c1.NCCN. The molecule has 0 fully saturated rings. The second kappa shape index (κ2) is 23.6. The number of nitrogens with one attached hydrogen (secondary N) is 1. The Kier molecular flexibility index (Phi) is 17.8. The summed E-state index contributed by atoms with van der Waals surface area (Å²) in [4.78, 5) is 4.36. The van der Waals surface area contributed by atoms with Gasteiger partial charge in [0.15, 0.2) is 0 Å². The van der Waals surface area contributed by atoms with Crippen LogP contribution in [-0.4, -0.2) is 61.8 Å². The molecule has 8 rings (SSSR count). The molecule has 0 saturated heterocycles. The number of para-hydroxylation sites is 2. The van der Waals surface area contributed by atoms with Crippen LogP contribution < -0.4 is 21.3 Å². The van der Waals surface area contributed by atoms with Crippen LogP contribution in [0.15, 0.2) is 158 Å². The van der Waals surface area contributed by atoms with E-state index in [0.717, 1.165) is 74.2 Å². The van der Waals surface area contributed by atoms with Crippen molar-refractivity contribution in [2.24, 2.45) is 11.5 Å². The topological polar surface area (TPSA) is 114 Å². The van der Waals surface area contributed by atoms with Crippen molar-refractivity contribution >= 4 is 76.9 Å². The van der Waals surface area contributed by atoms with E-state index in [1.165, 1.54) is 5.56 Å². The number of hydrogen-bond acceptors (Lipinski definition) is 7.